The lowest BCUT2D eigenvalue weighted by molar-refractivity contribution is -0.251. The Morgan fingerprint density at radius 3 is 1.94 bits per heavy atom. The minimum absolute atomic E-state index is 0.102. The van der Waals surface area contributed by atoms with Crippen molar-refractivity contribution in [1.29, 1.82) is 0 Å². The van der Waals surface area contributed by atoms with Gasteiger partial charge in [-0.25, -0.2) is 4.79 Å². The van der Waals surface area contributed by atoms with E-state index in [1.54, 1.807) is 0 Å². The monoisotopic (exact) mass is 462 g/mol. The van der Waals surface area contributed by atoms with Crippen LogP contribution in [-0.4, -0.2) is 29.8 Å². The lowest BCUT2D eigenvalue weighted by Crippen LogP contribution is -2.30. The molecule has 1 N–H and O–H groups in total. The van der Waals surface area contributed by atoms with Crippen molar-refractivity contribution in [3.05, 3.63) is 120 Å². The highest BCUT2D eigenvalue weighted by molar-refractivity contribution is 5.79. The highest BCUT2D eigenvalue weighted by Gasteiger charge is 2.27. The molecule has 0 radical (unpaired) electrons. The maximum absolute atomic E-state index is 12.5. The molecule has 4 aromatic rings. The second-order valence-electron chi connectivity index (χ2n) is 8.55. The number of aliphatic carboxylic acids is 1. The summed E-state index contributed by atoms with van der Waals surface area (Å²) >= 11 is 0. The smallest absolute Gasteiger partial charge is 0.328 e. The van der Waals surface area contributed by atoms with Crippen molar-refractivity contribution in [2.75, 3.05) is 6.61 Å². The van der Waals surface area contributed by atoms with Gasteiger partial charge >= 0.3 is 5.97 Å². The van der Waals surface area contributed by atoms with E-state index < -0.39 is 18.1 Å². The van der Waals surface area contributed by atoms with Crippen LogP contribution < -0.4 is 5.11 Å². The van der Waals surface area contributed by atoms with Gasteiger partial charge in [0.25, 0.3) is 0 Å². The van der Waals surface area contributed by atoms with Gasteiger partial charge in [-0.05, 0) is 38.9 Å². The normalized spacial score (nSPS) is 13.7. The first-order valence-corrected chi connectivity index (χ1v) is 11.5. The molecule has 35 heavy (non-hydrogen) atoms. The average Bonchev–Trinajstić information content (AvgIpc) is 3.21. The van der Waals surface area contributed by atoms with Crippen molar-refractivity contribution in [2.45, 2.75) is 18.4 Å². The molecule has 0 unspecified atom stereocenters. The van der Waals surface area contributed by atoms with Crippen LogP contribution in [0.15, 0.2) is 108 Å². The van der Waals surface area contributed by atoms with Crippen LogP contribution in [-0.2, 0) is 16.0 Å². The summed E-state index contributed by atoms with van der Waals surface area (Å²) in [4.78, 5) is 15.7. The predicted octanol–water partition coefficient (Wildman–Crippen LogP) is 4.89. The number of carboxylic acid groups (broad SMARTS) is 1. The molecule has 5 rings (SSSR count). The van der Waals surface area contributed by atoms with E-state index in [1.165, 1.54) is 0 Å². The fourth-order valence-electron chi connectivity index (χ4n) is 4.63. The van der Waals surface area contributed by atoms with Crippen molar-refractivity contribution in [2.24, 2.45) is 4.99 Å². The zero-order valence-electron chi connectivity index (χ0n) is 19.0. The Labute approximate surface area is 204 Å². The third kappa shape index (κ3) is 4.80. The van der Waals surface area contributed by atoms with Gasteiger partial charge in [0.2, 0.25) is 0 Å². The molecular formula is C30H24NO4-. The van der Waals surface area contributed by atoms with Crippen LogP contribution in [0.25, 0.3) is 22.3 Å². The fraction of sp³-hybridized carbons (Fsp3) is 0.133. The number of aliphatic imine (C=N–C) groups is 1. The molecule has 0 saturated carbocycles. The maximum atomic E-state index is 12.5. The maximum Gasteiger partial charge on any atom is 0.328 e. The number of carbonyl (C=O) groups is 1. The molecule has 0 fully saturated rings. The summed E-state index contributed by atoms with van der Waals surface area (Å²) in [6.45, 7) is 0.106. The number of hydrogen-bond acceptors (Lipinski definition) is 4. The van der Waals surface area contributed by atoms with E-state index in [2.05, 4.69) is 17.1 Å². The second-order valence-corrected chi connectivity index (χ2v) is 8.55. The molecule has 0 amide bonds. The van der Waals surface area contributed by atoms with Crippen LogP contribution in [0.3, 0.4) is 0 Å². The van der Waals surface area contributed by atoms with Crippen LogP contribution in [0, 0.1) is 0 Å². The molecule has 1 atom stereocenters. The Morgan fingerprint density at radius 2 is 1.34 bits per heavy atom. The number of ether oxygens (including phenoxy) is 1. The second kappa shape index (κ2) is 9.85. The zero-order valence-corrected chi connectivity index (χ0v) is 19.0. The summed E-state index contributed by atoms with van der Waals surface area (Å²) in [5.74, 6) is -1.26. The SMILES string of the molecule is O=C(O)[C@@H](Cc1ccc(-c2ccccc2)cc1)N=C([O-])OCC1c2ccccc2-c2ccccc21. The van der Waals surface area contributed by atoms with Gasteiger partial charge in [-0.15, -0.1) is 0 Å². The first kappa shape index (κ1) is 22.4. The van der Waals surface area contributed by atoms with Gasteiger partial charge in [-0.1, -0.05) is 103 Å². The Kier molecular flexibility index (Phi) is 6.31. The Balaban J connectivity index is 1.28. The Morgan fingerprint density at radius 1 is 0.800 bits per heavy atom. The number of rotatable bonds is 7. The first-order chi connectivity index (χ1) is 17.1. The lowest BCUT2D eigenvalue weighted by atomic mass is 9.98. The third-order valence-electron chi connectivity index (χ3n) is 6.37. The van der Waals surface area contributed by atoms with Gasteiger partial charge < -0.3 is 14.9 Å². The Bertz CT molecular complexity index is 1320. The molecular weight excluding hydrogens is 438 g/mol. The topological polar surface area (TPSA) is 82.0 Å². The molecule has 0 heterocycles. The largest absolute Gasteiger partial charge is 0.599 e. The average molecular weight is 463 g/mol. The van der Waals surface area contributed by atoms with Crippen molar-refractivity contribution >= 4 is 12.1 Å². The first-order valence-electron chi connectivity index (χ1n) is 11.5. The molecule has 0 bridgehead atoms. The summed E-state index contributed by atoms with van der Waals surface area (Å²) < 4.78 is 5.47. The quantitative estimate of drug-likeness (QED) is 0.313. The van der Waals surface area contributed by atoms with E-state index in [9.17, 15) is 15.0 Å². The molecule has 4 aromatic carbocycles. The minimum Gasteiger partial charge on any atom is -0.599 e. The fourth-order valence-corrected chi connectivity index (χ4v) is 4.63. The van der Waals surface area contributed by atoms with Gasteiger partial charge in [0.05, 0.1) is 0 Å². The van der Waals surface area contributed by atoms with Gasteiger partial charge in [-0.2, -0.15) is 0 Å². The molecule has 174 valence electrons. The number of carboxylic acids is 1. The van der Waals surface area contributed by atoms with Crippen LogP contribution in [0.2, 0.25) is 0 Å². The number of benzene rings is 4. The minimum atomic E-state index is -1.21. The lowest BCUT2D eigenvalue weighted by Gasteiger charge is -2.22. The van der Waals surface area contributed by atoms with Gasteiger partial charge in [0.15, 0.2) is 6.04 Å². The van der Waals surface area contributed by atoms with Crippen LogP contribution in [0.4, 0.5) is 0 Å². The van der Waals surface area contributed by atoms with Crippen molar-refractivity contribution < 1.29 is 19.7 Å². The van der Waals surface area contributed by atoms with Gasteiger partial charge in [0, 0.05) is 18.9 Å². The third-order valence-corrected chi connectivity index (χ3v) is 6.37. The van der Waals surface area contributed by atoms with Crippen molar-refractivity contribution in [1.82, 2.24) is 0 Å². The standard InChI is InChI=1S/C30H25NO4/c32-29(33)28(18-20-14-16-22(17-15-20)21-8-2-1-3-9-21)31-30(34)35-19-27-25-12-6-4-10-23(25)24-11-5-7-13-26(24)27/h1-17,27-28H,18-19H2,(H,31,34)(H,32,33)/p-1/t28-/m1/s1. The summed E-state index contributed by atoms with van der Waals surface area (Å²) in [5.41, 5.74) is 7.34. The van der Waals surface area contributed by atoms with Crippen molar-refractivity contribution in [3.63, 3.8) is 0 Å². The summed E-state index contributed by atoms with van der Waals surface area (Å²) in [6, 6.07) is 32.4. The van der Waals surface area contributed by atoms with E-state index in [-0.39, 0.29) is 18.9 Å². The molecule has 0 aliphatic heterocycles. The van der Waals surface area contributed by atoms with Gasteiger partial charge in [-0.3, -0.25) is 4.99 Å². The molecule has 1 aliphatic carbocycles. The molecule has 1 aliphatic rings. The van der Waals surface area contributed by atoms with Crippen LogP contribution in [0.5, 0.6) is 0 Å². The molecule has 5 nitrogen and oxygen atoms in total. The van der Waals surface area contributed by atoms with E-state index >= 15 is 0 Å². The highest BCUT2D eigenvalue weighted by atomic mass is 16.6. The highest BCUT2D eigenvalue weighted by Crippen LogP contribution is 2.44. The summed E-state index contributed by atoms with van der Waals surface area (Å²) in [7, 11) is 0. The van der Waals surface area contributed by atoms with Crippen LogP contribution in [0.1, 0.15) is 22.6 Å². The predicted molar refractivity (Wildman–Crippen MR) is 134 cm³/mol. The van der Waals surface area contributed by atoms with Gasteiger partial charge in [0.1, 0.15) is 6.08 Å². The number of hydrogen-bond donors (Lipinski definition) is 1. The molecule has 5 heteroatoms. The van der Waals surface area contributed by atoms with E-state index in [0.29, 0.717) is 0 Å². The zero-order chi connectivity index (χ0) is 24.2. The van der Waals surface area contributed by atoms with Crippen molar-refractivity contribution in [3.8, 4) is 22.3 Å². The molecule has 0 aromatic heterocycles. The van der Waals surface area contributed by atoms with E-state index in [4.69, 9.17) is 4.74 Å². The number of nitrogens with zero attached hydrogens (tertiary/aromatic N) is 1. The van der Waals surface area contributed by atoms with E-state index in [1.807, 2.05) is 91.0 Å². The molecule has 0 saturated heterocycles. The Hall–Kier alpha value is -4.38. The summed E-state index contributed by atoms with van der Waals surface area (Å²) in [6.07, 6.45) is -0.755. The molecule has 0 spiro atoms. The number of fused-ring (bicyclic) bond motifs is 3. The van der Waals surface area contributed by atoms with Crippen LogP contribution >= 0.6 is 0 Å². The van der Waals surface area contributed by atoms with E-state index in [0.717, 1.165) is 38.9 Å². The summed E-state index contributed by atoms with van der Waals surface area (Å²) in [5, 5.41) is 22.2.